The molecule has 0 unspecified atom stereocenters. The van der Waals surface area contributed by atoms with Crippen LogP contribution in [0.25, 0.3) is 23.0 Å². The number of nitrogens with zero attached hydrogens (tertiary/aromatic N) is 3. The van der Waals surface area contributed by atoms with Gasteiger partial charge in [-0.3, -0.25) is 9.69 Å². The Morgan fingerprint density at radius 1 is 0.975 bits per heavy atom. The second-order valence-corrected chi connectivity index (χ2v) is 10.6. The Bertz CT molecular complexity index is 1570. The van der Waals surface area contributed by atoms with Crippen LogP contribution in [-0.2, 0) is 11.2 Å². The minimum Gasteiger partial charge on any atom is -0.494 e. The molecule has 1 saturated heterocycles. The predicted octanol–water partition coefficient (Wildman–Crippen LogP) is 6.40. The van der Waals surface area contributed by atoms with E-state index in [1.165, 1.54) is 11.8 Å². The number of amides is 1. The zero-order valence-electron chi connectivity index (χ0n) is 22.5. The van der Waals surface area contributed by atoms with Gasteiger partial charge in [0.1, 0.15) is 15.8 Å². The van der Waals surface area contributed by atoms with Gasteiger partial charge in [-0.05, 0) is 61.4 Å². The van der Waals surface area contributed by atoms with E-state index < -0.39 is 0 Å². The van der Waals surface area contributed by atoms with Crippen LogP contribution in [0.4, 0.5) is 0 Å². The van der Waals surface area contributed by atoms with E-state index in [0.29, 0.717) is 40.3 Å². The molecule has 1 fully saturated rings. The van der Waals surface area contributed by atoms with Gasteiger partial charge in [0.25, 0.3) is 5.91 Å². The van der Waals surface area contributed by atoms with E-state index in [2.05, 4.69) is 0 Å². The average Bonchev–Trinajstić information content (AvgIpc) is 3.52. The molecule has 204 valence electrons. The Kier molecular flexibility index (Phi) is 8.52. The lowest BCUT2D eigenvalue weighted by Gasteiger charge is -2.15. The van der Waals surface area contributed by atoms with E-state index in [1.54, 1.807) is 19.1 Å². The first-order valence-electron chi connectivity index (χ1n) is 12.8. The molecule has 0 N–H and O–H groups in total. The van der Waals surface area contributed by atoms with Gasteiger partial charge >= 0.3 is 0 Å². The standard InChI is InChI=1S/C31H29N3O4S2/c1-4-38-25-12-8-9-22(18-25)29-23(20-34(32-29)24-10-6-5-7-11-24)19-28-30(35)33(31(39)40-28)16-15-21-13-14-26(36-2)27(17-21)37-3/h5-14,17-20H,4,15-16H2,1-3H3. The molecule has 0 aliphatic carbocycles. The molecule has 1 aromatic heterocycles. The molecule has 3 aromatic carbocycles. The van der Waals surface area contributed by atoms with Crippen LogP contribution in [0.2, 0.25) is 0 Å². The van der Waals surface area contributed by atoms with Crippen molar-refractivity contribution in [3.8, 4) is 34.2 Å². The number of aromatic nitrogens is 2. The average molecular weight is 572 g/mol. The first-order chi connectivity index (χ1) is 19.5. The van der Waals surface area contributed by atoms with E-state index in [1.807, 2.05) is 96.7 Å². The van der Waals surface area contributed by atoms with Gasteiger partial charge in [0, 0.05) is 23.9 Å². The lowest BCUT2D eigenvalue weighted by Crippen LogP contribution is -2.30. The molecule has 0 atom stereocenters. The zero-order chi connectivity index (χ0) is 28.1. The molecule has 5 rings (SSSR count). The van der Waals surface area contributed by atoms with Crippen molar-refractivity contribution in [1.82, 2.24) is 14.7 Å². The van der Waals surface area contributed by atoms with Gasteiger partial charge < -0.3 is 14.2 Å². The first kappa shape index (κ1) is 27.5. The third-order valence-electron chi connectivity index (χ3n) is 6.41. The maximum atomic E-state index is 13.5. The number of rotatable bonds is 10. The summed E-state index contributed by atoms with van der Waals surface area (Å²) >= 11 is 6.92. The van der Waals surface area contributed by atoms with Crippen LogP contribution in [0.3, 0.4) is 0 Å². The zero-order valence-corrected chi connectivity index (χ0v) is 24.1. The number of ether oxygens (including phenoxy) is 3. The van der Waals surface area contributed by atoms with Crippen molar-refractivity contribution in [3.63, 3.8) is 0 Å². The Morgan fingerprint density at radius 2 is 1.77 bits per heavy atom. The third kappa shape index (κ3) is 5.90. The molecule has 40 heavy (non-hydrogen) atoms. The Labute approximate surface area is 243 Å². The molecule has 1 aliphatic heterocycles. The molecule has 0 radical (unpaired) electrons. The van der Waals surface area contributed by atoms with Crippen LogP contribution in [0, 0.1) is 0 Å². The first-order valence-corrected chi connectivity index (χ1v) is 14.1. The fraction of sp³-hybridized carbons (Fsp3) is 0.194. The maximum Gasteiger partial charge on any atom is 0.266 e. The highest BCUT2D eigenvalue weighted by Gasteiger charge is 2.32. The van der Waals surface area contributed by atoms with Crippen LogP contribution in [0.1, 0.15) is 18.1 Å². The topological polar surface area (TPSA) is 65.8 Å². The number of para-hydroxylation sites is 1. The summed E-state index contributed by atoms with van der Waals surface area (Å²) in [6.45, 7) is 2.99. The second-order valence-electron chi connectivity index (χ2n) is 8.95. The Hall–Kier alpha value is -4.08. The number of methoxy groups -OCH3 is 2. The SMILES string of the molecule is CCOc1cccc(-c2nn(-c3ccccc3)cc2C=C2SC(=S)N(CCc3ccc(OC)c(OC)c3)C2=O)c1. The van der Waals surface area contributed by atoms with E-state index >= 15 is 0 Å². The summed E-state index contributed by atoms with van der Waals surface area (Å²) in [5.74, 6) is 1.97. The fourth-order valence-corrected chi connectivity index (χ4v) is 5.74. The van der Waals surface area contributed by atoms with E-state index in [-0.39, 0.29) is 5.91 Å². The molecular weight excluding hydrogens is 542 g/mol. The van der Waals surface area contributed by atoms with Crippen LogP contribution in [0.5, 0.6) is 17.2 Å². The largest absolute Gasteiger partial charge is 0.494 e. The summed E-state index contributed by atoms with van der Waals surface area (Å²) in [6, 6.07) is 23.5. The number of thioether (sulfide) groups is 1. The summed E-state index contributed by atoms with van der Waals surface area (Å²) in [5, 5.41) is 4.89. The van der Waals surface area contributed by atoms with Gasteiger partial charge in [-0.15, -0.1) is 0 Å². The summed E-state index contributed by atoms with van der Waals surface area (Å²) < 4.78 is 18.8. The molecule has 2 heterocycles. The highest BCUT2D eigenvalue weighted by molar-refractivity contribution is 8.26. The molecule has 0 bridgehead atoms. The van der Waals surface area contributed by atoms with Gasteiger partial charge in [-0.1, -0.05) is 60.4 Å². The third-order valence-corrected chi connectivity index (χ3v) is 7.79. The van der Waals surface area contributed by atoms with E-state index in [4.69, 9.17) is 31.5 Å². The summed E-state index contributed by atoms with van der Waals surface area (Å²) in [6.07, 6.45) is 4.44. The van der Waals surface area contributed by atoms with Crippen LogP contribution in [-0.4, -0.2) is 52.3 Å². The molecule has 0 saturated carbocycles. The predicted molar refractivity (Wildman–Crippen MR) is 163 cm³/mol. The smallest absolute Gasteiger partial charge is 0.266 e. The Balaban J connectivity index is 1.43. The van der Waals surface area contributed by atoms with Gasteiger partial charge in [0.15, 0.2) is 11.5 Å². The van der Waals surface area contributed by atoms with Crippen LogP contribution < -0.4 is 14.2 Å². The van der Waals surface area contributed by atoms with Gasteiger partial charge in [0.2, 0.25) is 0 Å². The number of benzene rings is 3. The van der Waals surface area contributed by atoms with Crippen molar-refractivity contribution in [2.24, 2.45) is 0 Å². The molecule has 9 heteroatoms. The van der Waals surface area contributed by atoms with Gasteiger partial charge in [-0.25, -0.2) is 4.68 Å². The monoisotopic (exact) mass is 571 g/mol. The number of hydrogen-bond acceptors (Lipinski definition) is 7. The highest BCUT2D eigenvalue weighted by atomic mass is 32.2. The summed E-state index contributed by atoms with van der Waals surface area (Å²) in [5.41, 5.74) is 4.41. The summed E-state index contributed by atoms with van der Waals surface area (Å²) in [7, 11) is 3.21. The minimum atomic E-state index is -0.114. The molecule has 7 nitrogen and oxygen atoms in total. The summed E-state index contributed by atoms with van der Waals surface area (Å²) in [4.78, 5) is 15.7. The van der Waals surface area contributed by atoms with Gasteiger partial charge in [0.05, 0.1) is 31.4 Å². The molecule has 0 spiro atoms. The van der Waals surface area contributed by atoms with Crippen molar-refractivity contribution in [2.45, 2.75) is 13.3 Å². The van der Waals surface area contributed by atoms with Crippen molar-refractivity contribution in [3.05, 3.63) is 95.0 Å². The quantitative estimate of drug-likeness (QED) is 0.161. The Morgan fingerprint density at radius 3 is 2.52 bits per heavy atom. The molecule has 1 aliphatic rings. The van der Waals surface area contributed by atoms with E-state index in [0.717, 1.165) is 33.8 Å². The number of carbonyl (C=O) groups excluding carboxylic acids is 1. The van der Waals surface area contributed by atoms with Gasteiger partial charge in [-0.2, -0.15) is 5.10 Å². The molecule has 4 aromatic rings. The normalized spacial score (nSPS) is 14.2. The number of hydrogen-bond donors (Lipinski definition) is 0. The van der Waals surface area contributed by atoms with Crippen LogP contribution in [0.15, 0.2) is 83.9 Å². The number of carbonyl (C=O) groups is 1. The molecular formula is C31H29N3O4S2. The van der Waals surface area contributed by atoms with Crippen molar-refractivity contribution in [2.75, 3.05) is 27.4 Å². The minimum absolute atomic E-state index is 0.114. The van der Waals surface area contributed by atoms with E-state index in [9.17, 15) is 4.79 Å². The fourth-order valence-electron chi connectivity index (χ4n) is 4.44. The molecule has 1 amide bonds. The van der Waals surface area contributed by atoms with Crippen LogP contribution >= 0.6 is 24.0 Å². The van der Waals surface area contributed by atoms with Crippen molar-refractivity contribution < 1.29 is 19.0 Å². The second kappa shape index (κ2) is 12.4. The highest BCUT2D eigenvalue weighted by Crippen LogP contribution is 2.36. The van der Waals surface area contributed by atoms with Crippen molar-refractivity contribution >= 4 is 40.3 Å². The number of thiocarbonyl (C=S) groups is 1. The maximum absolute atomic E-state index is 13.5. The van der Waals surface area contributed by atoms with Crippen molar-refractivity contribution in [1.29, 1.82) is 0 Å². The lowest BCUT2D eigenvalue weighted by atomic mass is 10.1. The lowest BCUT2D eigenvalue weighted by molar-refractivity contribution is -0.122.